The van der Waals surface area contributed by atoms with E-state index in [0.717, 1.165) is 0 Å². The number of hydrogen-bond acceptors (Lipinski definition) is 6. The summed E-state index contributed by atoms with van der Waals surface area (Å²) in [5.74, 6) is -0.598. The highest BCUT2D eigenvalue weighted by Gasteiger charge is 2.21. The van der Waals surface area contributed by atoms with Gasteiger partial charge < -0.3 is 9.47 Å². The van der Waals surface area contributed by atoms with E-state index in [1.165, 1.54) is 30.7 Å². The van der Waals surface area contributed by atoms with Crippen molar-refractivity contribution < 1.29 is 18.7 Å². The van der Waals surface area contributed by atoms with E-state index < -0.39 is 22.6 Å². The average molecular weight is 411 g/mol. The average Bonchev–Trinajstić information content (AvgIpc) is 2.67. The second-order valence-corrected chi connectivity index (χ2v) is 7.23. The van der Waals surface area contributed by atoms with Crippen molar-refractivity contribution in [1.29, 1.82) is 5.26 Å². The van der Waals surface area contributed by atoms with Gasteiger partial charge in [-0.05, 0) is 43.3 Å². The van der Waals surface area contributed by atoms with Crippen LogP contribution in [0.2, 0.25) is 0 Å². The first-order valence-electron chi connectivity index (χ1n) is 8.65. The highest BCUT2D eigenvalue weighted by atomic mass is 31.0. The fourth-order valence-electron chi connectivity index (χ4n) is 2.78. The number of carbonyl (C=O) groups is 1. The van der Waals surface area contributed by atoms with Crippen LogP contribution in [0.25, 0.3) is 16.6 Å². The molecular formula is C19H16BFN3O4P. The monoisotopic (exact) mass is 411 g/mol. The minimum Gasteiger partial charge on any atom is -0.464 e. The van der Waals surface area contributed by atoms with Gasteiger partial charge in [0.2, 0.25) is 24.5 Å². The number of halogens is 1. The molecule has 0 radical (unpaired) electrons. The molecule has 3 rings (SSSR count). The first-order valence-corrected chi connectivity index (χ1v) is 9.23. The summed E-state index contributed by atoms with van der Waals surface area (Å²) >= 11 is 0. The molecule has 0 spiro atoms. The third kappa shape index (κ3) is 4.28. The Morgan fingerprint density at radius 3 is 2.62 bits per heavy atom. The SMILES string of the molecule is BC(F)(P)Oc1ccc(-n2nc(C(=O)OCC)c(=O)c3c(C#N)cccc32)cc1. The molecule has 29 heavy (non-hydrogen) atoms. The largest absolute Gasteiger partial charge is 0.464 e. The number of alkyl halides is 1. The van der Waals surface area contributed by atoms with Gasteiger partial charge in [-0.1, -0.05) is 15.3 Å². The lowest BCUT2D eigenvalue weighted by Crippen LogP contribution is -2.25. The molecule has 1 heterocycles. The Kier molecular flexibility index (Phi) is 5.67. The van der Waals surface area contributed by atoms with E-state index >= 15 is 0 Å². The number of ether oxygens (including phenoxy) is 2. The molecule has 1 aromatic heterocycles. The topological polar surface area (TPSA) is 94.2 Å². The first kappa shape index (κ1) is 20.5. The van der Waals surface area contributed by atoms with Gasteiger partial charge >= 0.3 is 5.97 Å². The van der Waals surface area contributed by atoms with Gasteiger partial charge in [0.05, 0.1) is 34.8 Å². The predicted molar refractivity (Wildman–Crippen MR) is 111 cm³/mol. The number of nitriles is 1. The van der Waals surface area contributed by atoms with Crippen LogP contribution in [0.1, 0.15) is 23.0 Å². The zero-order valence-corrected chi connectivity index (χ0v) is 16.8. The molecule has 7 nitrogen and oxygen atoms in total. The summed E-state index contributed by atoms with van der Waals surface area (Å²) in [6, 6.07) is 12.9. The third-order valence-electron chi connectivity index (χ3n) is 3.90. The summed E-state index contributed by atoms with van der Waals surface area (Å²) in [7, 11) is 3.18. The van der Waals surface area contributed by atoms with Gasteiger partial charge in [-0.25, -0.2) is 13.9 Å². The fraction of sp³-hybridized carbons (Fsp3) is 0.158. The van der Waals surface area contributed by atoms with Crippen LogP contribution < -0.4 is 10.2 Å². The predicted octanol–water partition coefficient (Wildman–Crippen LogP) is 1.90. The molecule has 2 aromatic carbocycles. The molecule has 2 unspecified atom stereocenters. The van der Waals surface area contributed by atoms with E-state index in [1.807, 2.05) is 15.3 Å². The first-order chi connectivity index (χ1) is 13.7. The second kappa shape index (κ2) is 8.02. The maximum atomic E-state index is 13.7. The summed E-state index contributed by atoms with van der Waals surface area (Å²) in [5.41, 5.74) is -2.09. The molecule has 3 aromatic rings. The summed E-state index contributed by atoms with van der Waals surface area (Å²) in [5, 5.41) is 13.6. The van der Waals surface area contributed by atoms with Crippen LogP contribution in [0.15, 0.2) is 47.3 Å². The smallest absolute Gasteiger partial charge is 0.362 e. The minimum atomic E-state index is -1.93. The zero-order chi connectivity index (χ0) is 21.2. The van der Waals surface area contributed by atoms with E-state index in [-0.39, 0.29) is 23.3 Å². The van der Waals surface area contributed by atoms with Crippen molar-refractivity contribution >= 4 is 34.0 Å². The van der Waals surface area contributed by atoms with Crippen LogP contribution in [0.3, 0.4) is 0 Å². The van der Waals surface area contributed by atoms with Gasteiger partial charge in [-0.15, -0.1) is 0 Å². The van der Waals surface area contributed by atoms with Gasteiger partial charge in [0, 0.05) is 0 Å². The number of hydrogen-bond donors (Lipinski definition) is 0. The summed E-state index contributed by atoms with van der Waals surface area (Å²) in [4.78, 5) is 25.1. The lowest BCUT2D eigenvalue weighted by atomic mass is 10.1. The second-order valence-electron chi connectivity index (χ2n) is 6.20. The van der Waals surface area contributed by atoms with E-state index in [2.05, 4.69) is 5.10 Å². The van der Waals surface area contributed by atoms with Crippen molar-refractivity contribution in [3.05, 3.63) is 63.9 Å². The maximum absolute atomic E-state index is 13.7. The molecule has 2 atom stereocenters. The van der Waals surface area contributed by atoms with Gasteiger partial charge in [0.15, 0.2) is 0 Å². The highest BCUT2D eigenvalue weighted by molar-refractivity contribution is 7.21. The molecule has 0 fully saturated rings. The molecule has 0 amide bonds. The lowest BCUT2D eigenvalue weighted by Gasteiger charge is -2.18. The molecule has 0 bridgehead atoms. The van der Waals surface area contributed by atoms with Crippen molar-refractivity contribution in [2.75, 3.05) is 6.61 Å². The van der Waals surface area contributed by atoms with Gasteiger partial charge in [0.1, 0.15) is 5.75 Å². The van der Waals surface area contributed by atoms with Gasteiger partial charge in [-0.2, -0.15) is 10.4 Å². The maximum Gasteiger partial charge on any atom is 0.362 e. The van der Waals surface area contributed by atoms with Crippen molar-refractivity contribution in [3.63, 3.8) is 0 Å². The van der Waals surface area contributed by atoms with Gasteiger partial charge in [-0.3, -0.25) is 4.79 Å². The van der Waals surface area contributed by atoms with Crippen LogP contribution in [-0.4, -0.2) is 35.7 Å². The molecule has 146 valence electrons. The van der Waals surface area contributed by atoms with Gasteiger partial charge in [0.25, 0.3) is 0 Å². The van der Waals surface area contributed by atoms with E-state index in [0.29, 0.717) is 11.2 Å². The normalized spacial score (nSPS) is 12.8. The van der Waals surface area contributed by atoms with E-state index in [9.17, 15) is 19.2 Å². The molecule has 0 saturated carbocycles. The number of nitrogens with zero attached hydrogens (tertiary/aromatic N) is 3. The van der Waals surface area contributed by atoms with E-state index in [4.69, 9.17) is 9.47 Å². The molecule has 0 aliphatic rings. The third-order valence-corrected chi connectivity index (χ3v) is 4.02. The molecule has 0 N–H and O–H groups in total. The minimum absolute atomic E-state index is 0.0645. The quantitative estimate of drug-likeness (QED) is 0.362. The van der Waals surface area contributed by atoms with Crippen LogP contribution in [0.5, 0.6) is 5.75 Å². The van der Waals surface area contributed by atoms with E-state index in [1.54, 1.807) is 31.2 Å². The molecule has 10 heteroatoms. The van der Waals surface area contributed by atoms with Crippen molar-refractivity contribution in [2.45, 2.75) is 12.4 Å². The standard InChI is InChI=1S/C19H16BFN3O4P/c1-2-27-18(26)16-17(25)15-11(10-22)4-3-5-14(15)24(23-16)12-6-8-13(9-7-12)28-19(20,21)29/h3-9H,2,20,29H2,1H3. The van der Waals surface area contributed by atoms with Crippen LogP contribution >= 0.6 is 9.24 Å². The molecular weight excluding hydrogens is 395 g/mol. The van der Waals surface area contributed by atoms with Crippen molar-refractivity contribution in [3.8, 4) is 17.5 Å². The Hall–Kier alpha value is -3.24. The fourth-order valence-corrected chi connectivity index (χ4v) is 2.92. The molecule has 0 aliphatic heterocycles. The number of benzene rings is 2. The number of fused-ring (bicyclic) bond motifs is 1. The Labute approximate surface area is 168 Å². The lowest BCUT2D eigenvalue weighted by molar-refractivity contribution is 0.0516. The number of carbonyl (C=O) groups excluding carboxylic acids is 1. The van der Waals surface area contributed by atoms with Crippen LogP contribution in [0.4, 0.5) is 4.39 Å². The van der Waals surface area contributed by atoms with Crippen LogP contribution in [0, 0.1) is 11.3 Å². The van der Waals surface area contributed by atoms with Crippen molar-refractivity contribution in [1.82, 2.24) is 9.78 Å². The number of esters is 1. The zero-order valence-electron chi connectivity index (χ0n) is 15.7. The highest BCUT2D eigenvalue weighted by Crippen LogP contribution is 2.25. The molecule has 0 saturated heterocycles. The Morgan fingerprint density at radius 2 is 2.03 bits per heavy atom. The van der Waals surface area contributed by atoms with Crippen molar-refractivity contribution in [2.24, 2.45) is 0 Å². The Morgan fingerprint density at radius 1 is 1.34 bits per heavy atom. The summed E-state index contributed by atoms with van der Waals surface area (Å²) in [6.45, 7) is 1.68. The summed E-state index contributed by atoms with van der Waals surface area (Å²) < 4.78 is 25.1. The Bertz CT molecular complexity index is 1180. The molecule has 0 aliphatic carbocycles. The summed E-state index contributed by atoms with van der Waals surface area (Å²) in [6.07, 6.45) is 0. The number of aromatic nitrogens is 2. The van der Waals surface area contributed by atoms with Crippen LogP contribution in [-0.2, 0) is 4.74 Å². The number of rotatable bonds is 5. The Balaban J connectivity index is 2.24.